The summed E-state index contributed by atoms with van der Waals surface area (Å²) in [6.07, 6.45) is 5.49. The highest BCUT2D eigenvalue weighted by molar-refractivity contribution is 6.44. The van der Waals surface area contributed by atoms with Gasteiger partial charge in [0.25, 0.3) is 0 Å². The molecule has 1 aliphatic heterocycles. The highest BCUT2D eigenvalue weighted by Gasteiger charge is 2.40. The third kappa shape index (κ3) is 2.81. The van der Waals surface area contributed by atoms with Crippen molar-refractivity contribution in [1.82, 2.24) is 0 Å². The van der Waals surface area contributed by atoms with Gasteiger partial charge in [0.2, 0.25) is 0 Å². The molecule has 130 valence electrons. The Hall–Kier alpha value is -1.35. The number of nitrogens with zero attached hydrogens (tertiary/aromatic N) is 1. The molecule has 0 bridgehead atoms. The van der Waals surface area contributed by atoms with Crippen LogP contribution in [0.3, 0.4) is 0 Å². The molecule has 4 rings (SSSR count). The van der Waals surface area contributed by atoms with Crippen molar-refractivity contribution in [2.24, 2.45) is 5.92 Å². The number of halogens is 3. The lowest BCUT2D eigenvalue weighted by Gasteiger charge is -2.38. The molecule has 0 saturated heterocycles. The average molecular weight is 394 g/mol. The molecule has 0 fully saturated rings. The smallest absolute Gasteiger partial charge is 0.0656 e. The van der Waals surface area contributed by atoms with Crippen LogP contribution in [0.5, 0.6) is 0 Å². The molecule has 1 heterocycles. The van der Waals surface area contributed by atoms with E-state index in [1.807, 2.05) is 14.1 Å². The molecule has 3 atom stereocenters. The Bertz CT molecular complexity index is 843. The Balaban J connectivity index is 1.79. The lowest BCUT2D eigenvalue weighted by Crippen LogP contribution is -2.29. The number of nitrogens with one attached hydrogen (secondary N) is 1. The lowest BCUT2D eigenvalue weighted by molar-refractivity contribution is 0.426. The van der Waals surface area contributed by atoms with E-state index in [1.54, 1.807) is 6.07 Å². The monoisotopic (exact) mass is 392 g/mol. The molecule has 2 aromatic rings. The number of hydrogen-bond acceptors (Lipinski definition) is 2. The van der Waals surface area contributed by atoms with Crippen molar-refractivity contribution in [3.05, 3.63) is 68.7 Å². The van der Waals surface area contributed by atoms with Gasteiger partial charge in [-0.05, 0) is 36.1 Å². The van der Waals surface area contributed by atoms with Gasteiger partial charge in [-0.15, -0.1) is 0 Å². The van der Waals surface area contributed by atoms with Gasteiger partial charge in [0.15, 0.2) is 0 Å². The quantitative estimate of drug-likeness (QED) is 0.460. The fourth-order valence-corrected chi connectivity index (χ4v) is 4.78. The van der Waals surface area contributed by atoms with Crippen molar-refractivity contribution in [1.29, 1.82) is 0 Å². The van der Waals surface area contributed by atoms with Crippen molar-refractivity contribution >= 4 is 46.2 Å². The maximum atomic E-state index is 6.53. The van der Waals surface area contributed by atoms with Crippen molar-refractivity contribution in [2.75, 3.05) is 24.3 Å². The summed E-state index contributed by atoms with van der Waals surface area (Å²) in [4.78, 5) is 2.10. The SMILES string of the molecule is CN(C)c1ccc(C2Nc3c(Cl)cc(Cl)c(Cl)c3C3C=CCC32)cc1. The number of rotatable bonds is 2. The van der Waals surface area contributed by atoms with E-state index in [0.29, 0.717) is 21.0 Å². The summed E-state index contributed by atoms with van der Waals surface area (Å²) in [5.41, 5.74) is 4.38. The molecular formula is C20H19Cl3N2. The summed E-state index contributed by atoms with van der Waals surface area (Å²) in [5, 5.41) is 5.39. The molecule has 2 aliphatic rings. The largest absolute Gasteiger partial charge is 0.378 e. The van der Waals surface area contributed by atoms with E-state index < -0.39 is 0 Å². The normalized spacial score (nSPS) is 23.8. The van der Waals surface area contributed by atoms with Crippen LogP contribution in [-0.4, -0.2) is 14.1 Å². The Morgan fingerprint density at radius 3 is 2.44 bits per heavy atom. The predicted molar refractivity (Wildman–Crippen MR) is 109 cm³/mol. The van der Waals surface area contributed by atoms with Crippen molar-refractivity contribution in [3.63, 3.8) is 0 Å². The molecule has 0 spiro atoms. The zero-order valence-electron chi connectivity index (χ0n) is 14.1. The molecule has 2 nitrogen and oxygen atoms in total. The highest BCUT2D eigenvalue weighted by Crippen LogP contribution is 2.55. The summed E-state index contributed by atoms with van der Waals surface area (Å²) in [6.45, 7) is 0. The minimum atomic E-state index is 0.193. The molecule has 0 aromatic heterocycles. The topological polar surface area (TPSA) is 15.3 Å². The molecule has 1 N–H and O–H groups in total. The van der Waals surface area contributed by atoms with Gasteiger partial charge in [0.05, 0.1) is 26.8 Å². The van der Waals surface area contributed by atoms with Gasteiger partial charge in [-0.3, -0.25) is 0 Å². The predicted octanol–water partition coefficient (Wildman–Crippen LogP) is 6.54. The van der Waals surface area contributed by atoms with Crippen LogP contribution in [0.1, 0.15) is 29.5 Å². The van der Waals surface area contributed by atoms with Crippen LogP contribution in [0.2, 0.25) is 15.1 Å². The number of benzene rings is 2. The molecule has 0 amide bonds. The third-order valence-corrected chi connectivity index (χ3v) is 6.35. The zero-order valence-corrected chi connectivity index (χ0v) is 16.3. The molecule has 3 unspecified atom stereocenters. The third-order valence-electron chi connectivity index (χ3n) is 5.25. The Labute approximate surface area is 163 Å². The summed E-state index contributed by atoms with van der Waals surface area (Å²) in [5.74, 6) is 0.642. The average Bonchev–Trinajstić information content (AvgIpc) is 3.08. The van der Waals surface area contributed by atoms with E-state index in [9.17, 15) is 0 Å². The Morgan fingerprint density at radius 2 is 1.76 bits per heavy atom. The van der Waals surface area contributed by atoms with Crippen molar-refractivity contribution in [3.8, 4) is 0 Å². The summed E-state index contributed by atoms with van der Waals surface area (Å²) in [6, 6.07) is 10.6. The molecule has 0 radical (unpaired) electrons. The molecule has 1 aliphatic carbocycles. The first-order chi connectivity index (χ1) is 12.0. The maximum absolute atomic E-state index is 6.53. The molecular weight excluding hydrogens is 375 g/mol. The maximum Gasteiger partial charge on any atom is 0.0656 e. The lowest BCUT2D eigenvalue weighted by atomic mass is 9.77. The number of fused-ring (bicyclic) bond motifs is 3. The summed E-state index contributed by atoms with van der Waals surface area (Å²) >= 11 is 19.3. The summed E-state index contributed by atoms with van der Waals surface area (Å²) in [7, 11) is 4.10. The van der Waals surface area contributed by atoms with Crippen LogP contribution in [0.25, 0.3) is 0 Å². The van der Waals surface area contributed by atoms with E-state index >= 15 is 0 Å². The highest BCUT2D eigenvalue weighted by atomic mass is 35.5. The second kappa shape index (κ2) is 6.42. The minimum Gasteiger partial charge on any atom is -0.378 e. The second-order valence-electron chi connectivity index (χ2n) is 6.90. The van der Waals surface area contributed by atoms with E-state index in [-0.39, 0.29) is 12.0 Å². The number of hydrogen-bond donors (Lipinski definition) is 1. The second-order valence-corrected chi connectivity index (χ2v) is 8.10. The molecule has 25 heavy (non-hydrogen) atoms. The van der Waals surface area contributed by atoms with Crippen molar-refractivity contribution in [2.45, 2.75) is 18.4 Å². The Morgan fingerprint density at radius 1 is 1.04 bits per heavy atom. The van der Waals surface area contributed by atoms with Crippen LogP contribution in [0, 0.1) is 5.92 Å². The van der Waals surface area contributed by atoms with Crippen LogP contribution >= 0.6 is 34.8 Å². The van der Waals surface area contributed by atoms with Gasteiger partial charge in [-0.25, -0.2) is 0 Å². The van der Waals surface area contributed by atoms with Gasteiger partial charge in [-0.2, -0.15) is 0 Å². The van der Waals surface area contributed by atoms with Crippen molar-refractivity contribution < 1.29 is 0 Å². The van der Waals surface area contributed by atoms with Crippen LogP contribution in [0.15, 0.2) is 42.5 Å². The number of allylic oxidation sites excluding steroid dienone is 2. The fourth-order valence-electron chi connectivity index (χ4n) is 3.97. The van der Waals surface area contributed by atoms with Gasteiger partial charge in [-0.1, -0.05) is 59.1 Å². The number of anilines is 2. The van der Waals surface area contributed by atoms with Gasteiger partial charge in [0, 0.05) is 31.3 Å². The minimum absolute atomic E-state index is 0.193. The van der Waals surface area contributed by atoms with Gasteiger partial charge in [0.1, 0.15) is 0 Å². The van der Waals surface area contributed by atoms with Crippen LogP contribution in [0.4, 0.5) is 11.4 Å². The first-order valence-corrected chi connectivity index (χ1v) is 9.48. The van der Waals surface area contributed by atoms with Gasteiger partial charge < -0.3 is 10.2 Å². The standard InChI is InChI=1S/C20H19Cl3N2/c1-25(2)12-8-6-11(7-9-12)19-14-5-3-4-13(14)17-18(23)15(21)10-16(22)20(17)24-19/h3-4,6-10,13-14,19,24H,5H2,1-2H3. The fraction of sp³-hybridized carbons (Fsp3) is 0.300. The first kappa shape index (κ1) is 17.1. The van der Waals surface area contributed by atoms with E-state index in [1.165, 1.54) is 11.3 Å². The zero-order chi connectivity index (χ0) is 17.7. The molecule has 2 aromatic carbocycles. The van der Waals surface area contributed by atoms with Crippen LogP contribution < -0.4 is 10.2 Å². The van der Waals surface area contributed by atoms with Gasteiger partial charge >= 0.3 is 0 Å². The first-order valence-electron chi connectivity index (χ1n) is 8.35. The summed E-state index contributed by atoms with van der Waals surface area (Å²) < 4.78 is 0. The Kier molecular flexibility index (Phi) is 4.39. The van der Waals surface area contributed by atoms with E-state index in [0.717, 1.165) is 17.7 Å². The molecule has 5 heteroatoms. The van der Waals surface area contributed by atoms with E-state index in [4.69, 9.17) is 34.8 Å². The molecule has 0 saturated carbocycles. The van der Waals surface area contributed by atoms with E-state index in [2.05, 4.69) is 46.6 Å². The van der Waals surface area contributed by atoms with Crippen LogP contribution in [-0.2, 0) is 0 Å².